The molecule has 0 aliphatic rings. The van der Waals surface area contributed by atoms with Gasteiger partial charge >= 0.3 is 5.97 Å². The number of esters is 1. The van der Waals surface area contributed by atoms with Crippen molar-refractivity contribution in [2.75, 3.05) is 0 Å². The van der Waals surface area contributed by atoms with Gasteiger partial charge in [0.05, 0.1) is 0 Å². The molecule has 0 saturated heterocycles. The SMILES string of the molecule is CC(=O)Oc1ccc(C(=O)N[C@H](CC(C)C)C(N)=O)cc1. The van der Waals surface area contributed by atoms with Gasteiger partial charge in [-0.3, -0.25) is 14.4 Å². The van der Waals surface area contributed by atoms with Crippen molar-refractivity contribution in [3.8, 4) is 5.75 Å². The number of hydrogen-bond acceptors (Lipinski definition) is 4. The van der Waals surface area contributed by atoms with Gasteiger partial charge in [-0.25, -0.2) is 0 Å². The minimum absolute atomic E-state index is 0.231. The third-order valence-electron chi connectivity index (χ3n) is 2.73. The molecule has 1 atom stereocenters. The molecule has 0 heterocycles. The maximum absolute atomic E-state index is 12.0. The second-order valence-corrected chi connectivity index (χ2v) is 5.18. The Labute approximate surface area is 123 Å². The molecule has 0 spiro atoms. The maximum atomic E-state index is 12.0. The van der Waals surface area contributed by atoms with Crippen LogP contribution in [0.1, 0.15) is 37.6 Å². The minimum Gasteiger partial charge on any atom is -0.427 e. The molecule has 3 N–H and O–H groups in total. The van der Waals surface area contributed by atoms with Crippen LogP contribution in [-0.4, -0.2) is 23.8 Å². The molecule has 0 bridgehead atoms. The van der Waals surface area contributed by atoms with Crippen molar-refractivity contribution >= 4 is 17.8 Å². The molecule has 1 aromatic carbocycles. The first-order valence-electron chi connectivity index (χ1n) is 6.68. The summed E-state index contributed by atoms with van der Waals surface area (Å²) >= 11 is 0. The molecule has 0 fully saturated rings. The van der Waals surface area contributed by atoms with Crippen LogP contribution < -0.4 is 15.8 Å². The van der Waals surface area contributed by atoms with Crippen molar-refractivity contribution in [2.24, 2.45) is 11.7 Å². The van der Waals surface area contributed by atoms with Gasteiger partial charge in [-0.05, 0) is 36.6 Å². The Morgan fingerprint density at radius 3 is 2.19 bits per heavy atom. The molecule has 0 saturated carbocycles. The minimum atomic E-state index is -0.703. The van der Waals surface area contributed by atoms with Gasteiger partial charge in [0.1, 0.15) is 11.8 Å². The van der Waals surface area contributed by atoms with Crippen LogP contribution in [0, 0.1) is 5.92 Å². The van der Waals surface area contributed by atoms with Crippen LogP contribution in [0.5, 0.6) is 5.75 Å². The van der Waals surface area contributed by atoms with Gasteiger partial charge in [0.2, 0.25) is 5.91 Å². The van der Waals surface area contributed by atoms with Crippen molar-refractivity contribution in [2.45, 2.75) is 33.2 Å². The van der Waals surface area contributed by atoms with Crippen LogP contribution >= 0.6 is 0 Å². The number of carbonyl (C=O) groups is 3. The number of carbonyl (C=O) groups excluding carboxylic acids is 3. The fourth-order valence-corrected chi connectivity index (χ4v) is 1.80. The molecule has 0 unspecified atom stereocenters. The summed E-state index contributed by atoms with van der Waals surface area (Å²) in [6, 6.07) is 5.35. The first-order chi connectivity index (χ1) is 9.79. The predicted molar refractivity (Wildman–Crippen MR) is 77.7 cm³/mol. The van der Waals surface area contributed by atoms with Gasteiger partial charge in [0.15, 0.2) is 0 Å². The average Bonchev–Trinajstić information content (AvgIpc) is 2.37. The zero-order chi connectivity index (χ0) is 16.0. The Balaban J connectivity index is 2.73. The highest BCUT2D eigenvalue weighted by atomic mass is 16.5. The standard InChI is InChI=1S/C15H20N2O4/c1-9(2)8-13(14(16)19)17-15(20)11-4-6-12(7-5-11)21-10(3)18/h4-7,9,13H,8H2,1-3H3,(H2,16,19)(H,17,20)/t13-/m1/s1. The molecular weight excluding hydrogens is 272 g/mol. The van der Waals surface area contributed by atoms with Gasteiger partial charge in [-0.15, -0.1) is 0 Å². The van der Waals surface area contributed by atoms with E-state index in [-0.39, 0.29) is 5.92 Å². The van der Waals surface area contributed by atoms with Gasteiger partial charge < -0.3 is 15.8 Å². The summed E-state index contributed by atoms with van der Waals surface area (Å²) in [5, 5.41) is 2.60. The molecule has 114 valence electrons. The molecule has 1 rings (SSSR count). The molecule has 6 nitrogen and oxygen atoms in total. The second-order valence-electron chi connectivity index (χ2n) is 5.18. The van der Waals surface area contributed by atoms with E-state index in [0.29, 0.717) is 17.7 Å². The lowest BCUT2D eigenvalue weighted by Crippen LogP contribution is -2.45. The number of nitrogens with two attached hydrogens (primary N) is 1. The van der Waals surface area contributed by atoms with Gasteiger partial charge in [0.25, 0.3) is 5.91 Å². The number of hydrogen-bond donors (Lipinski definition) is 2. The van der Waals surface area contributed by atoms with E-state index in [1.807, 2.05) is 13.8 Å². The summed E-state index contributed by atoms with van der Waals surface area (Å²) in [4.78, 5) is 34.2. The van der Waals surface area contributed by atoms with Crippen molar-refractivity contribution in [3.05, 3.63) is 29.8 Å². The molecule has 6 heteroatoms. The number of primary amides is 1. The van der Waals surface area contributed by atoms with E-state index >= 15 is 0 Å². The Bertz CT molecular complexity index is 523. The van der Waals surface area contributed by atoms with Crippen LogP contribution in [0.2, 0.25) is 0 Å². The number of ether oxygens (including phenoxy) is 1. The highest BCUT2D eigenvalue weighted by molar-refractivity contribution is 5.97. The van der Waals surface area contributed by atoms with E-state index < -0.39 is 23.8 Å². The van der Waals surface area contributed by atoms with E-state index in [4.69, 9.17) is 10.5 Å². The molecular formula is C15H20N2O4. The lowest BCUT2D eigenvalue weighted by atomic mass is 10.0. The lowest BCUT2D eigenvalue weighted by molar-refractivity contribution is -0.131. The molecule has 2 amide bonds. The number of nitrogens with one attached hydrogen (secondary N) is 1. The Hall–Kier alpha value is -2.37. The second kappa shape index (κ2) is 7.42. The third kappa shape index (κ3) is 5.64. The van der Waals surface area contributed by atoms with E-state index in [9.17, 15) is 14.4 Å². The zero-order valence-corrected chi connectivity index (χ0v) is 12.4. The van der Waals surface area contributed by atoms with Crippen molar-refractivity contribution < 1.29 is 19.1 Å². The molecule has 0 aliphatic carbocycles. The van der Waals surface area contributed by atoms with Crippen molar-refractivity contribution in [1.29, 1.82) is 0 Å². The van der Waals surface area contributed by atoms with Gasteiger partial charge in [-0.1, -0.05) is 13.8 Å². The van der Waals surface area contributed by atoms with E-state index in [0.717, 1.165) is 0 Å². The van der Waals surface area contributed by atoms with Crippen molar-refractivity contribution in [1.82, 2.24) is 5.32 Å². The summed E-state index contributed by atoms with van der Waals surface area (Å²) in [7, 11) is 0. The van der Waals surface area contributed by atoms with E-state index in [1.54, 1.807) is 0 Å². The topological polar surface area (TPSA) is 98.5 Å². The highest BCUT2D eigenvalue weighted by Gasteiger charge is 2.20. The van der Waals surface area contributed by atoms with Crippen LogP contribution in [0.15, 0.2) is 24.3 Å². The fourth-order valence-electron chi connectivity index (χ4n) is 1.80. The van der Waals surface area contributed by atoms with E-state index in [2.05, 4.69) is 5.32 Å². The van der Waals surface area contributed by atoms with E-state index in [1.165, 1.54) is 31.2 Å². The van der Waals surface area contributed by atoms with Crippen LogP contribution in [-0.2, 0) is 9.59 Å². The largest absolute Gasteiger partial charge is 0.427 e. The Kier molecular flexibility index (Phi) is 5.90. The number of amides is 2. The summed E-state index contributed by atoms with van der Waals surface area (Å²) in [6.45, 7) is 5.18. The molecule has 0 aliphatic heterocycles. The number of benzene rings is 1. The molecule has 0 radical (unpaired) electrons. The maximum Gasteiger partial charge on any atom is 0.308 e. The summed E-state index contributed by atoms with van der Waals surface area (Å²) in [6.07, 6.45) is 0.479. The van der Waals surface area contributed by atoms with Crippen LogP contribution in [0.3, 0.4) is 0 Å². The van der Waals surface area contributed by atoms with Gasteiger partial charge in [-0.2, -0.15) is 0 Å². The summed E-state index contributed by atoms with van der Waals surface area (Å²) in [5.41, 5.74) is 5.64. The highest BCUT2D eigenvalue weighted by Crippen LogP contribution is 2.13. The molecule has 0 aromatic heterocycles. The first-order valence-corrected chi connectivity index (χ1v) is 6.68. The Morgan fingerprint density at radius 1 is 1.19 bits per heavy atom. The predicted octanol–water partition coefficient (Wildman–Crippen LogP) is 1.24. The van der Waals surface area contributed by atoms with Crippen LogP contribution in [0.25, 0.3) is 0 Å². The van der Waals surface area contributed by atoms with Gasteiger partial charge in [0, 0.05) is 12.5 Å². The van der Waals surface area contributed by atoms with Crippen molar-refractivity contribution in [3.63, 3.8) is 0 Å². The third-order valence-corrected chi connectivity index (χ3v) is 2.73. The lowest BCUT2D eigenvalue weighted by Gasteiger charge is -2.17. The van der Waals surface area contributed by atoms with Crippen LogP contribution in [0.4, 0.5) is 0 Å². The quantitative estimate of drug-likeness (QED) is 0.608. The normalized spacial score (nSPS) is 11.8. The fraction of sp³-hybridized carbons (Fsp3) is 0.400. The summed E-state index contributed by atoms with van der Waals surface area (Å²) in [5.74, 6) is -0.804. The summed E-state index contributed by atoms with van der Waals surface area (Å²) < 4.78 is 4.88. The molecule has 1 aromatic rings. The Morgan fingerprint density at radius 2 is 1.76 bits per heavy atom. The monoisotopic (exact) mass is 292 g/mol. The average molecular weight is 292 g/mol. The molecule has 21 heavy (non-hydrogen) atoms. The first kappa shape index (κ1) is 16.7. The number of rotatable bonds is 6. The smallest absolute Gasteiger partial charge is 0.308 e. The zero-order valence-electron chi connectivity index (χ0n) is 12.4.